The average molecular weight is 351 g/mol. The molecule has 1 aromatic carbocycles. The molecule has 0 heterocycles. The van der Waals surface area contributed by atoms with Crippen LogP contribution in [0.1, 0.15) is 18.9 Å². The third kappa shape index (κ3) is 4.01. The Balaban J connectivity index is 2.79. The fourth-order valence-electron chi connectivity index (χ4n) is 1.49. The second-order valence-corrected chi connectivity index (χ2v) is 7.03. The van der Waals surface area contributed by atoms with Gasteiger partial charge in [0.15, 0.2) is 0 Å². The Hall–Kier alpha value is -0.500. The number of hydrogen-bond donors (Lipinski definition) is 2. The first kappa shape index (κ1) is 15.6. The highest BCUT2D eigenvalue weighted by molar-refractivity contribution is 9.10. The van der Waals surface area contributed by atoms with Gasteiger partial charge in [-0.15, -0.1) is 0 Å². The number of halogens is 1. The van der Waals surface area contributed by atoms with Crippen LogP contribution < -0.4 is 10.5 Å². The molecule has 0 aliphatic rings. The molecule has 0 radical (unpaired) electrons. The molecule has 0 bridgehead atoms. The molecule has 0 saturated heterocycles. The monoisotopic (exact) mass is 350 g/mol. The van der Waals surface area contributed by atoms with E-state index in [9.17, 15) is 8.42 Å². The molecule has 4 nitrogen and oxygen atoms in total. The van der Waals surface area contributed by atoms with E-state index in [1.807, 2.05) is 24.3 Å². The van der Waals surface area contributed by atoms with Gasteiger partial charge in [0.2, 0.25) is 10.0 Å². The fourth-order valence-corrected chi connectivity index (χ4v) is 3.77. The van der Waals surface area contributed by atoms with Crippen molar-refractivity contribution in [1.29, 1.82) is 0 Å². The Morgan fingerprint density at radius 1 is 1.50 bits per heavy atom. The fraction of sp³-hybridized carbons (Fsp3) is 0.364. The zero-order chi connectivity index (χ0) is 13.8. The normalized spacial score (nSPS) is 13.2. The topological polar surface area (TPSA) is 72.2 Å². The summed E-state index contributed by atoms with van der Waals surface area (Å²) in [4.78, 5) is -0.00266. The number of hydrogen-bond acceptors (Lipinski definition) is 3. The zero-order valence-corrected chi connectivity index (χ0v) is 13.1. The smallest absolute Gasteiger partial charge is 0.221 e. The quantitative estimate of drug-likeness (QED) is 0.769. The van der Waals surface area contributed by atoms with E-state index >= 15 is 0 Å². The van der Waals surface area contributed by atoms with Crippen LogP contribution in [-0.2, 0) is 16.6 Å². The lowest BCUT2D eigenvalue weighted by Crippen LogP contribution is -2.41. The SMILES string of the molecule is CCC(C(N)=S)S(=O)(=O)NCc1ccccc1Br. The van der Waals surface area contributed by atoms with E-state index in [0.717, 1.165) is 10.0 Å². The first-order chi connectivity index (χ1) is 8.38. The Morgan fingerprint density at radius 3 is 2.61 bits per heavy atom. The van der Waals surface area contributed by atoms with Crippen LogP contribution >= 0.6 is 28.1 Å². The van der Waals surface area contributed by atoms with Gasteiger partial charge in [-0.05, 0) is 18.1 Å². The summed E-state index contributed by atoms with van der Waals surface area (Å²) in [6, 6.07) is 7.41. The third-order valence-electron chi connectivity index (χ3n) is 2.48. The molecule has 18 heavy (non-hydrogen) atoms. The average Bonchev–Trinajstić information content (AvgIpc) is 2.28. The molecule has 7 heteroatoms. The largest absolute Gasteiger partial charge is 0.392 e. The summed E-state index contributed by atoms with van der Waals surface area (Å²) in [6.07, 6.45) is 0.362. The number of nitrogens with one attached hydrogen (secondary N) is 1. The lowest BCUT2D eigenvalue weighted by Gasteiger charge is -2.15. The molecule has 0 aromatic heterocycles. The summed E-state index contributed by atoms with van der Waals surface area (Å²) in [6.45, 7) is 1.95. The van der Waals surface area contributed by atoms with Crippen molar-refractivity contribution in [3.63, 3.8) is 0 Å². The van der Waals surface area contributed by atoms with Gasteiger partial charge in [-0.1, -0.05) is 53.3 Å². The van der Waals surface area contributed by atoms with Crippen molar-refractivity contribution in [2.75, 3.05) is 0 Å². The van der Waals surface area contributed by atoms with Crippen LogP contribution in [0.3, 0.4) is 0 Å². The van der Waals surface area contributed by atoms with Crippen LogP contribution in [0.4, 0.5) is 0 Å². The third-order valence-corrected chi connectivity index (χ3v) is 5.57. The number of rotatable bonds is 6. The molecule has 1 aromatic rings. The highest BCUT2D eigenvalue weighted by Crippen LogP contribution is 2.16. The van der Waals surface area contributed by atoms with Crippen molar-refractivity contribution in [3.8, 4) is 0 Å². The van der Waals surface area contributed by atoms with E-state index in [1.165, 1.54) is 0 Å². The number of sulfonamides is 1. The maximum atomic E-state index is 12.0. The minimum Gasteiger partial charge on any atom is -0.392 e. The molecule has 1 atom stereocenters. The zero-order valence-electron chi connectivity index (χ0n) is 9.89. The molecular weight excluding hydrogens is 336 g/mol. The van der Waals surface area contributed by atoms with E-state index in [1.54, 1.807) is 6.92 Å². The molecule has 0 spiro atoms. The molecule has 1 unspecified atom stereocenters. The number of nitrogens with two attached hydrogens (primary N) is 1. The summed E-state index contributed by atoms with van der Waals surface area (Å²) in [5.74, 6) is 0. The van der Waals surface area contributed by atoms with Crippen molar-refractivity contribution in [1.82, 2.24) is 4.72 Å². The molecule has 0 amide bonds. The first-order valence-corrected chi connectivity index (χ1v) is 8.14. The second kappa shape index (κ2) is 6.60. The van der Waals surface area contributed by atoms with Gasteiger partial charge in [0.1, 0.15) is 5.25 Å². The highest BCUT2D eigenvalue weighted by Gasteiger charge is 2.25. The lowest BCUT2D eigenvalue weighted by molar-refractivity contribution is 0.574. The van der Waals surface area contributed by atoms with Gasteiger partial charge in [0.25, 0.3) is 0 Å². The van der Waals surface area contributed by atoms with Gasteiger partial charge in [0.05, 0.1) is 4.99 Å². The van der Waals surface area contributed by atoms with Crippen LogP contribution in [0, 0.1) is 0 Å². The molecular formula is C11H15BrN2O2S2. The first-order valence-electron chi connectivity index (χ1n) is 5.39. The van der Waals surface area contributed by atoms with Gasteiger partial charge in [0, 0.05) is 11.0 Å². The van der Waals surface area contributed by atoms with Gasteiger partial charge < -0.3 is 5.73 Å². The van der Waals surface area contributed by atoms with Crippen LogP contribution in [0.15, 0.2) is 28.7 Å². The van der Waals surface area contributed by atoms with Gasteiger partial charge >= 0.3 is 0 Å². The van der Waals surface area contributed by atoms with Crippen molar-refractivity contribution in [2.24, 2.45) is 5.73 Å². The Morgan fingerprint density at radius 2 is 2.11 bits per heavy atom. The highest BCUT2D eigenvalue weighted by atomic mass is 79.9. The predicted octanol–water partition coefficient (Wildman–Crippen LogP) is 1.93. The summed E-state index contributed by atoms with van der Waals surface area (Å²) >= 11 is 8.13. The second-order valence-electron chi connectivity index (χ2n) is 3.76. The molecule has 0 aliphatic heterocycles. The van der Waals surface area contributed by atoms with E-state index in [0.29, 0.717) is 6.42 Å². The minimum absolute atomic E-state index is 0.00266. The van der Waals surface area contributed by atoms with Crippen molar-refractivity contribution in [3.05, 3.63) is 34.3 Å². The summed E-state index contributed by atoms with van der Waals surface area (Å²) in [5.41, 5.74) is 6.30. The molecule has 0 saturated carbocycles. The maximum absolute atomic E-state index is 12.0. The summed E-state index contributed by atoms with van der Waals surface area (Å²) < 4.78 is 27.4. The van der Waals surface area contributed by atoms with E-state index < -0.39 is 15.3 Å². The minimum atomic E-state index is -3.52. The van der Waals surface area contributed by atoms with Crippen LogP contribution in [0.25, 0.3) is 0 Å². The summed E-state index contributed by atoms with van der Waals surface area (Å²) in [5, 5.41) is -0.824. The van der Waals surface area contributed by atoms with Crippen molar-refractivity contribution < 1.29 is 8.42 Å². The predicted molar refractivity (Wildman–Crippen MR) is 80.8 cm³/mol. The van der Waals surface area contributed by atoms with Gasteiger partial charge in [-0.2, -0.15) is 0 Å². The maximum Gasteiger partial charge on any atom is 0.221 e. The van der Waals surface area contributed by atoms with Crippen molar-refractivity contribution >= 4 is 43.2 Å². The number of benzene rings is 1. The van der Waals surface area contributed by atoms with Crippen LogP contribution in [-0.4, -0.2) is 18.7 Å². The number of thiocarbonyl (C=S) groups is 1. The van der Waals surface area contributed by atoms with Crippen LogP contribution in [0.2, 0.25) is 0 Å². The van der Waals surface area contributed by atoms with E-state index in [-0.39, 0.29) is 11.5 Å². The van der Waals surface area contributed by atoms with E-state index in [2.05, 4.69) is 20.7 Å². The van der Waals surface area contributed by atoms with Crippen molar-refractivity contribution in [2.45, 2.75) is 25.1 Å². The molecule has 0 aliphatic carbocycles. The summed E-state index contributed by atoms with van der Waals surface area (Å²) in [7, 11) is -3.52. The van der Waals surface area contributed by atoms with Gasteiger partial charge in [-0.25, -0.2) is 13.1 Å². The van der Waals surface area contributed by atoms with Crippen LogP contribution in [0.5, 0.6) is 0 Å². The molecule has 0 fully saturated rings. The molecule has 1 rings (SSSR count). The van der Waals surface area contributed by atoms with Gasteiger partial charge in [-0.3, -0.25) is 0 Å². The molecule has 3 N–H and O–H groups in total. The molecule has 100 valence electrons. The standard InChI is InChI=1S/C11H15BrN2O2S2/c1-2-10(11(13)17)18(15,16)14-7-8-5-3-4-6-9(8)12/h3-6,10,14H,2,7H2,1H3,(H2,13,17). The Kier molecular flexibility index (Phi) is 5.71. The Bertz CT molecular complexity index is 532. The van der Waals surface area contributed by atoms with E-state index in [4.69, 9.17) is 18.0 Å². The lowest BCUT2D eigenvalue weighted by atomic mass is 10.2. The Labute approximate surface area is 121 Å².